The molecule has 0 saturated carbocycles. The van der Waals surface area contributed by atoms with Crippen LogP contribution in [0.1, 0.15) is 24.5 Å². The van der Waals surface area contributed by atoms with Gasteiger partial charge in [-0.3, -0.25) is 10.0 Å². The number of urea groups is 1. The number of rotatable bonds is 3. The molecule has 1 unspecified atom stereocenters. The van der Waals surface area contributed by atoms with Gasteiger partial charge in [-0.15, -0.1) is 0 Å². The summed E-state index contributed by atoms with van der Waals surface area (Å²) in [5.41, 5.74) is 4.77. The summed E-state index contributed by atoms with van der Waals surface area (Å²) in [7, 11) is 0. The molecule has 0 bridgehead atoms. The third kappa shape index (κ3) is 4.11. The summed E-state index contributed by atoms with van der Waals surface area (Å²) in [6, 6.07) is 5.82. The van der Waals surface area contributed by atoms with Gasteiger partial charge in [-0.05, 0) is 49.1 Å². The lowest BCUT2D eigenvalue weighted by molar-refractivity contribution is -0.133. The van der Waals surface area contributed by atoms with Crippen LogP contribution in [-0.4, -0.2) is 59.7 Å². The topological polar surface area (TPSA) is 84.9 Å². The molecule has 1 aromatic rings. The van der Waals surface area contributed by atoms with Crippen molar-refractivity contribution in [2.45, 2.75) is 26.2 Å². The summed E-state index contributed by atoms with van der Waals surface area (Å²) >= 11 is 0. The van der Waals surface area contributed by atoms with Crippen molar-refractivity contribution in [2.75, 3.05) is 38.0 Å². The first-order valence-corrected chi connectivity index (χ1v) is 8.94. The molecular weight excluding hydrogens is 320 g/mol. The highest BCUT2D eigenvalue weighted by Crippen LogP contribution is 2.28. The number of aryl methyl sites for hydroxylation is 1. The van der Waals surface area contributed by atoms with E-state index in [1.54, 1.807) is 5.48 Å². The summed E-state index contributed by atoms with van der Waals surface area (Å²) in [4.78, 5) is 28.3. The fourth-order valence-electron chi connectivity index (χ4n) is 3.62. The molecule has 1 atom stereocenters. The van der Waals surface area contributed by atoms with E-state index in [0.29, 0.717) is 6.42 Å². The van der Waals surface area contributed by atoms with Crippen molar-refractivity contribution < 1.29 is 14.8 Å². The van der Waals surface area contributed by atoms with Crippen LogP contribution in [0.5, 0.6) is 0 Å². The van der Waals surface area contributed by atoms with Crippen LogP contribution in [-0.2, 0) is 17.6 Å². The first-order chi connectivity index (χ1) is 12.1. The van der Waals surface area contributed by atoms with Gasteiger partial charge >= 0.3 is 6.03 Å². The van der Waals surface area contributed by atoms with Gasteiger partial charge in [0.1, 0.15) is 0 Å². The molecule has 136 valence electrons. The number of benzene rings is 1. The molecule has 0 aromatic heterocycles. The van der Waals surface area contributed by atoms with Gasteiger partial charge in [0.2, 0.25) is 5.91 Å². The molecule has 3 N–H and O–H groups in total. The zero-order valence-electron chi connectivity index (χ0n) is 14.6. The number of carbonyl (C=O) groups excluding carboxylic acids is 2. The molecule has 1 aliphatic carbocycles. The van der Waals surface area contributed by atoms with Crippen molar-refractivity contribution >= 4 is 17.6 Å². The number of amides is 3. The number of hydroxylamine groups is 1. The number of likely N-dealkylation sites (N-methyl/N-ethyl adjacent to an activating group) is 1. The van der Waals surface area contributed by atoms with Gasteiger partial charge in [-0.25, -0.2) is 10.3 Å². The van der Waals surface area contributed by atoms with Crippen molar-refractivity contribution in [3.05, 3.63) is 29.3 Å². The minimum Gasteiger partial charge on any atom is -0.322 e. The average molecular weight is 346 g/mol. The average Bonchev–Trinajstić information content (AvgIpc) is 2.66. The van der Waals surface area contributed by atoms with Crippen molar-refractivity contribution in [1.29, 1.82) is 0 Å². The van der Waals surface area contributed by atoms with E-state index in [1.807, 2.05) is 23.1 Å². The van der Waals surface area contributed by atoms with Crippen LogP contribution in [0.25, 0.3) is 0 Å². The first kappa shape index (κ1) is 17.7. The molecule has 7 heteroatoms. The Labute approximate surface area is 147 Å². The van der Waals surface area contributed by atoms with Crippen molar-refractivity contribution in [3.8, 4) is 0 Å². The quantitative estimate of drug-likeness (QED) is 0.571. The Morgan fingerprint density at radius 3 is 2.64 bits per heavy atom. The van der Waals surface area contributed by atoms with Crippen LogP contribution >= 0.6 is 0 Å². The van der Waals surface area contributed by atoms with Crippen LogP contribution in [0.15, 0.2) is 18.2 Å². The van der Waals surface area contributed by atoms with Crippen LogP contribution < -0.4 is 10.8 Å². The standard InChI is InChI=1S/C18H26N4O3/c1-2-21-7-9-22(10-8-21)18(24)19-16-6-5-13-3-4-14(17(23)20-25)11-15(13)12-16/h5-6,12,14,25H,2-4,7-11H2,1H3,(H,19,24)(H,20,23). The molecule has 1 aromatic carbocycles. The normalized spacial score (nSPS) is 20.7. The largest absolute Gasteiger partial charge is 0.322 e. The molecule has 25 heavy (non-hydrogen) atoms. The zero-order valence-corrected chi connectivity index (χ0v) is 14.6. The molecule has 3 amide bonds. The third-order valence-corrected chi connectivity index (χ3v) is 5.27. The lowest BCUT2D eigenvalue weighted by Crippen LogP contribution is -2.49. The number of nitrogens with zero attached hydrogens (tertiary/aromatic N) is 2. The molecule has 3 rings (SSSR count). The van der Waals surface area contributed by atoms with Crippen LogP contribution in [0, 0.1) is 5.92 Å². The second kappa shape index (κ2) is 7.84. The van der Waals surface area contributed by atoms with E-state index in [-0.39, 0.29) is 17.9 Å². The van der Waals surface area contributed by atoms with E-state index >= 15 is 0 Å². The van der Waals surface area contributed by atoms with Crippen molar-refractivity contribution in [1.82, 2.24) is 15.3 Å². The number of hydrogen-bond donors (Lipinski definition) is 3. The minimum atomic E-state index is -0.339. The number of fused-ring (bicyclic) bond motifs is 1. The fraction of sp³-hybridized carbons (Fsp3) is 0.556. The van der Waals surface area contributed by atoms with Gasteiger partial charge in [-0.2, -0.15) is 0 Å². The smallest absolute Gasteiger partial charge is 0.321 e. The highest BCUT2D eigenvalue weighted by Gasteiger charge is 2.25. The lowest BCUT2D eigenvalue weighted by Gasteiger charge is -2.34. The number of anilines is 1. The molecule has 2 aliphatic rings. The number of nitrogens with one attached hydrogen (secondary N) is 2. The van der Waals surface area contributed by atoms with E-state index in [0.717, 1.165) is 56.8 Å². The summed E-state index contributed by atoms with van der Waals surface area (Å²) < 4.78 is 0. The Bertz CT molecular complexity index is 641. The minimum absolute atomic E-state index is 0.0730. The molecular formula is C18H26N4O3. The fourth-order valence-corrected chi connectivity index (χ4v) is 3.62. The highest BCUT2D eigenvalue weighted by atomic mass is 16.5. The number of piperazine rings is 1. The van der Waals surface area contributed by atoms with Crippen molar-refractivity contribution in [3.63, 3.8) is 0 Å². The summed E-state index contributed by atoms with van der Waals surface area (Å²) in [5, 5.41) is 11.8. The summed E-state index contributed by atoms with van der Waals surface area (Å²) in [6.45, 7) is 6.45. The van der Waals surface area contributed by atoms with Gasteiger partial charge in [-0.1, -0.05) is 13.0 Å². The molecule has 1 fully saturated rings. The lowest BCUT2D eigenvalue weighted by atomic mass is 9.83. The number of hydrogen-bond acceptors (Lipinski definition) is 4. The molecule has 1 heterocycles. The molecule has 7 nitrogen and oxygen atoms in total. The number of carbonyl (C=O) groups is 2. The van der Waals surface area contributed by atoms with Crippen LogP contribution in [0.4, 0.5) is 10.5 Å². The molecule has 0 spiro atoms. The molecule has 1 saturated heterocycles. The summed E-state index contributed by atoms with van der Waals surface area (Å²) in [5.74, 6) is -0.556. The maximum absolute atomic E-state index is 12.4. The van der Waals surface area contributed by atoms with Gasteiger partial charge in [0, 0.05) is 37.8 Å². The van der Waals surface area contributed by atoms with Gasteiger partial charge < -0.3 is 15.1 Å². The maximum atomic E-state index is 12.4. The first-order valence-electron chi connectivity index (χ1n) is 8.94. The van der Waals surface area contributed by atoms with Gasteiger partial charge in [0.15, 0.2) is 0 Å². The monoisotopic (exact) mass is 346 g/mol. The Hall–Kier alpha value is -2.12. The second-order valence-corrected chi connectivity index (χ2v) is 6.75. The Balaban J connectivity index is 1.62. The van der Waals surface area contributed by atoms with Crippen LogP contribution in [0.2, 0.25) is 0 Å². The predicted molar refractivity (Wildman–Crippen MR) is 94.6 cm³/mol. The third-order valence-electron chi connectivity index (χ3n) is 5.27. The van der Waals surface area contributed by atoms with Crippen LogP contribution in [0.3, 0.4) is 0 Å². The SMILES string of the molecule is CCN1CCN(C(=O)Nc2ccc3c(c2)CC(C(=O)NO)CC3)CC1. The van der Waals surface area contributed by atoms with E-state index in [1.165, 1.54) is 5.56 Å². The van der Waals surface area contributed by atoms with E-state index in [9.17, 15) is 9.59 Å². The van der Waals surface area contributed by atoms with Gasteiger partial charge in [0.25, 0.3) is 0 Å². The van der Waals surface area contributed by atoms with E-state index in [4.69, 9.17) is 5.21 Å². The Kier molecular flexibility index (Phi) is 5.55. The molecule has 0 radical (unpaired) electrons. The Morgan fingerprint density at radius 1 is 1.20 bits per heavy atom. The van der Waals surface area contributed by atoms with Crippen molar-refractivity contribution in [2.24, 2.45) is 5.92 Å². The predicted octanol–water partition coefficient (Wildman–Crippen LogP) is 1.47. The Morgan fingerprint density at radius 2 is 1.96 bits per heavy atom. The van der Waals surface area contributed by atoms with Gasteiger partial charge in [0.05, 0.1) is 0 Å². The zero-order chi connectivity index (χ0) is 17.8. The summed E-state index contributed by atoms with van der Waals surface area (Å²) in [6.07, 6.45) is 2.12. The highest BCUT2D eigenvalue weighted by molar-refractivity contribution is 5.89. The second-order valence-electron chi connectivity index (χ2n) is 6.75. The van der Waals surface area contributed by atoms with E-state index < -0.39 is 0 Å². The molecule has 1 aliphatic heterocycles. The van der Waals surface area contributed by atoms with E-state index in [2.05, 4.69) is 17.1 Å². The maximum Gasteiger partial charge on any atom is 0.321 e.